The molecule has 1 rings (SSSR count). The highest BCUT2D eigenvalue weighted by Gasteiger charge is 2.20. The Balaban J connectivity index is 2.60. The number of hydrogen-bond donors (Lipinski definition) is 2. The fourth-order valence-electron chi connectivity index (χ4n) is 1.74. The topological polar surface area (TPSA) is 49.3 Å². The van der Waals surface area contributed by atoms with Crippen LogP contribution in [0.5, 0.6) is 5.75 Å². The number of alkyl halides is 1. The quantitative estimate of drug-likeness (QED) is 0.784. The maximum absolute atomic E-state index is 13.5. The van der Waals surface area contributed by atoms with Crippen molar-refractivity contribution in [3.8, 4) is 5.75 Å². The Morgan fingerprint density at radius 1 is 1.47 bits per heavy atom. The van der Waals surface area contributed by atoms with E-state index in [-0.39, 0.29) is 16.7 Å². The van der Waals surface area contributed by atoms with Crippen molar-refractivity contribution < 1.29 is 14.3 Å². The van der Waals surface area contributed by atoms with Crippen molar-refractivity contribution in [3.63, 3.8) is 0 Å². The molecule has 5 heteroatoms. The third-order valence-electron chi connectivity index (χ3n) is 2.91. The lowest BCUT2D eigenvalue weighted by molar-refractivity contribution is 0.0930. The van der Waals surface area contributed by atoms with E-state index in [2.05, 4.69) is 35.1 Å². The average Bonchev–Trinajstić information content (AvgIpc) is 2.34. The first-order valence-electron chi connectivity index (χ1n) is 6.18. The number of nitrogens with one attached hydrogen (secondary N) is 1. The largest absolute Gasteiger partial charge is 0.508 e. The molecule has 1 aromatic rings. The molecule has 1 aromatic carbocycles. The summed E-state index contributed by atoms with van der Waals surface area (Å²) < 4.78 is 13.5. The minimum absolute atomic E-state index is 0.0309. The smallest absolute Gasteiger partial charge is 0.254 e. The van der Waals surface area contributed by atoms with Crippen LogP contribution in [0.3, 0.4) is 0 Å². The Hall–Kier alpha value is -1.10. The number of halogens is 2. The number of phenolic OH excluding ortho intramolecular Hbond substituents is 1. The van der Waals surface area contributed by atoms with E-state index in [1.54, 1.807) is 0 Å². The summed E-state index contributed by atoms with van der Waals surface area (Å²) in [4.78, 5) is 11.9. The molecule has 0 aliphatic heterocycles. The van der Waals surface area contributed by atoms with E-state index in [0.717, 1.165) is 24.2 Å². The fraction of sp³-hybridized carbons (Fsp3) is 0.500. The SMILES string of the molecule is CC(C)(CCCBr)CNC(=O)c1ccc(O)cc1F. The molecule has 0 saturated carbocycles. The lowest BCUT2D eigenvalue weighted by Crippen LogP contribution is -2.34. The molecule has 0 fully saturated rings. The van der Waals surface area contributed by atoms with Crippen LogP contribution < -0.4 is 5.32 Å². The van der Waals surface area contributed by atoms with Crippen LogP contribution in [0.25, 0.3) is 0 Å². The van der Waals surface area contributed by atoms with E-state index in [4.69, 9.17) is 5.11 Å². The zero-order valence-corrected chi connectivity index (χ0v) is 12.8. The van der Waals surface area contributed by atoms with Gasteiger partial charge in [0.05, 0.1) is 5.56 Å². The van der Waals surface area contributed by atoms with E-state index < -0.39 is 11.7 Å². The van der Waals surface area contributed by atoms with Crippen molar-refractivity contribution in [1.29, 1.82) is 0 Å². The molecule has 2 N–H and O–H groups in total. The summed E-state index contributed by atoms with van der Waals surface area (Å²) in [6, 6.07) is 3.52. The Kier molecular flexibility index (Phi) is 5.79. The molecule has 0 aliphatic carbocycles. The molecule has 0 aliphatic rings. The molecule has 0 aromatic heterocycles. The molecule has 0 saturated heterocycles. The number of aromatic hydroxyl groups is 1. The molecule has 106 valence electrons. The van der Waals surface area contributed by atoms with Crippen molar-refractivity contribution in [2.24, 2.45) is 5.41 Å². The van der Waals surface area contributed by atoms with Gasteiger partial charge < -0.3 is 10.4 Å². The van der Waals surface area contributed by atoms with Crippen LogP contribution in [0, 0.1) is 11.2 Å². The van der Waals surface area contributed by atoms with Crippen LogP contribution in [0.2, 0.25) is 0 Å². The zero-order valence-electron chi connectivity index (χ0n) is 11.2. The van der Waals surface area contributed by atoms with Gasteiger partial charge in [-0.3, -0.25) is 4.79 Å². The van der Waals surface area contributed by atoms with Gasteiger partial charge in [-0.2, -0.15) is 0 Å². The molecular formula is C14H19BrFNO2. The summed E-state index contributed by atoms with van der Waals surface area (Å²) in [7, 11) is 0. The first-order valence-corrected chi connectivity index (χ1v) is 7.30. The van der Waals surface area contributed by atoms with Gasteiger partial charge >= 0.3 is 0 Å². The highest BCUT2D eigenvalue weighted by Crippen LogP contribution is 2.22. The van der Waals surface area contributed by atoms with Crippen LogP contribution in [0.15, 0.2) is 18.2 Å². The van der Waals surface area contributed by atoms with Gasteiger partial charge in [-0.05, 0) is 30.4 Å². The van der Waals surface area contributed by atoms with Crippen LogP contribution >= 0.6 is 15.9 Å². The summed E-state index contributed by atoms with van der Waals surface area (Å²) in [5.74, 6) is -1.35. The van der Waals surface area contributed by atoms with E-state index in [9.17, 15) is 9.18 Å². The first-order chi connectivity index (χ1) is 8.85. The Morgan fingerprint density at radius 3 is 2.74 bits per heavy atom. The number of carbonyl (C=O) groups is 1. The summed E-state index contributed by atoms with van der Waals surface area (Å²) in [5.41, 5.74) is -0.0781. The molecule has 0 atom stereocenters. The average molecular weight is 332 g/mol. The number of rotatable bonds is 6. The van der Waals surface area contributed by atoms with E-state index in [1.165, 1.54) is 12.1 Å². The van der Waals surface area contributed by atoms with Crippen LogP contribution in [-0.2, 0) is 0 Å². The highest BCUT2D eigenvalue weighted by molar-refractivity contribution is 9.09. The minimum Gasteiger partial charge on any atom is -0.508 e. The van der Waals surface area contributed by atoms with Gasteiger partial charge in [-0.15, -0.1) is 0 Å². The van der Waals surface area contributed by atoms with Gasteiger partial charge in [0.2, 0.25) is 0 Å². The Morgan fingerprint density at radius 2 is 2.16 bits per heavy atom. The fourth-order valence-corrected chi connectivity index (χ4v) is 2.02. The summed E-state index contributed by atoms with van der Waals surface area (Å²) in [5, 5.41) is 12.8. The molecule has 3 nitrogen and oxygen atoms in total. The molecule has 0 spiro atoms. The van der Waals surface area contributed by atoms with Crippen molar-refractivity contribution in [2.75, 3.05) is 11.9 Å². The highest BCUT2D eigenvalue weighted by atomic mass is 79.9. The molecular weight excluding hydrogens is 313 g/mol. The summed E-state index contributed by atoms with van der Waals surface area (Å²) >= 11 is 3.37. The van der Waals surface area contributed by atoms with Gasteiger partial charge in [0.1, 0.15) is 11.6 Å². The third-order valence-corrected chi connectivity index (χ3v) is 3.47. The predicted octanol–water partition coefficient (Wildman–Crippen LogP) is 3.46. The Bertz CT molecular complexity index is 449. The second kappa shape index (κ2) is 6.89. The maximum atomic E-state index is 13.5. The molecule has 19 heavy (non-hydrogen) atoms. The number of benzene rings is 1. The van der Waals surface area contributed by atoms with Gasteiger partial charge in [0.15, 0.2) is 0 Å². The van der Waals surface area contributed by atoms with Crippen molar-refractivity contribution in [1.82, 2.24) is 5.32 Å². The second-order valence-corrected chi connectivity index (χ2v) is 6.10. The lowest BCUT2D eigenvalue weighted by Gasteiger charge is -2.24. The van der Waals surface area contributed by atoms with Gasteiger partial charge in [0.25, 0.3) is 5.91 Å². The molecule has 0 heterocycles. The second-order valence-electron chi connectivity index (χ2n) is 5.30. The molecule has 0 unspecified atom stereocenters. The summed E-state index contributed by atoms with van der Waals surface area (Å²) in [6.07, 6.45) is 1.99. The number of phenols is 1. The van der Waals surface area contributed by atoms with Crippen molar-refractivity contribution in [3.05, 3.63) is 29.6 Å². The minimum atomic E-state index is -0.712. The van der Waals surface area contributed by atoms with E-state index in [1.807, 2.05) is 0 Å². The van der Waals surface area contributed by atoms with Crippen molar-refractivity contribution in [2.45, 2.75) is 26.7 Å². The van der Waals surface area contributed by atoms with Gasteiger partial charge in [-0.1, -0.05) is 29.8 Å². The molecule has 1 amide bonds. The first kappa shape index (κ1) is 16.0. The van der Waals surface area contributed by atoms with Crippen LogP contribution in [0.4, 0.5) is 4.39 Å². The number of hydrogen-bond acceptors (Lipinski definition) is 2. The van der Waals surface area contributed by atoms with E-state index >= 15 is 0 Å². The third kappa shape index (κ3) is 5.19. The van der Waals surface area contributed by atoms with E-state index in [0.29, 0.717) is 6.54 Å². The van der Waals surface area contributed by atoms with Crippen molar-refractivity contribution >= 4 is 21.8 Å². The maximum Gasteiger partial charge on any atom is 0.254 e. The summed E-state index contributed by atoms with van der Waals surface area (Å²) in [6.45, 7) is 4.60. The van der Waals surface area contributed by atoms with Crippen LogP contribution in [-0.4, -0.2) is 22.9 Å². The number of carbonyl (C=O) groups excluding carboxylic acids is 1. The molecule has 0 radical (unpaired) electrons. The monoisotopic (exact) mass is 331 g/mol. The van der Waals surface area contributed by atoms with Gasteiger partial charge in [-0.25, -0.2) is 4.39 Å². The normalized spacial score (nSPS) is 11.4. The Labute approximate surface area is 121 Å². The standard InChI is InChI=1S/C14H19BrFNO2/c1-14(2,6-3-7-15)9-17-13(19)11-5-4-10(18)8-12(11)16/h4-5,8,18H,3,6-7,9H2,1-2H3,(H,17,19). The van der Waals surface area contributed by atoms with Gasteiger partial charge in [0, 0.05) is 17.9 Å². The lowest BCUT2D eigenvalue weighted by atomic mass is 9.88. The predicted molar refractivity (Wildman–Crippen MR) is 77.2 cm³/mol. The zero-order chi connectivity index (χ0) is 14.5. The molecule has 0 bridgehead atoms. The number of amides is 1. The van der Waals surface area contributed by atoms with Crippen LogP contribution in [0.1, 0.15) is 37.0 Å².